The molecule has 1 fully saturated rings. The van der Waals surface area contributed by atoms with Crippen molar-refractivity contribution < 1.29 is 4.79 Å². The maximum Gasteiger partial charge on any atom is 0.239 e. The smallest absolute Gasteiger partial charge is 0.239 e. The molecule has 31 heavy (non-hydrogen) atoms. The summed E-state index contributed by atoms with van der Waals surface area (Å²) in [4.78, 5) is 15.3. The van der Waals surface area contributed by atoms with Crippen molar-refractivity contribution in [1.82, 2.24) is 14.0 Å². The van der Waals surface area contributed by atoms with E-state index in [9.17, 15) is 10.1 Å². The van der Waals surface area contributed by atoms with Gasteiger partial charge in [0.25, 0.3) is 0 Å². The van der Waals surface area contributed by atoms with Gasteiger partial charge in [0.15, 0.2) is 0 Å². The van der Waals surface area contributed by atoms with E-state index in [-0.39, 0.29) is 11.9 Å². The maximum absolute atomic E-state index is 13.1. The van der Waals surface area contributed by atoms with Crippen molar-refractivity contribution in [2.45, 2.75) is 39.3 Å². The van der Waals surface area contributed by atoms with Gasteiger partial charge in [-0.3, -0.25) is 9.69 Å². The number of rotatable bonds is 6. The summed E-state index contributed by atoms with van der Waals surface area (Å²) in [6, 6.07) is 16.8. The Balaban J connectivity index is 1.56. The number of carbonyl (C=O) groups is 1. The fourth-order valence-corrected chi connectivity index (χ4v) is 4.62. The van der Waals surface area contributed by atoms with Gasteiger partial charge in [0, 0.05) is 31.2 Å². The van der Waals surface area contributed by atoms with Gasteiger partial charge >= 0.3 is 0 Å². The molecule has 0 bridgehead atoms. The van der Waals surface area contributed by atoms with Gasteiger partial charge in [0.05, 0.1) is 18.2 Å². The quantitative estimate of drug-likeness (QED) is 0.658. The molecule has 160 valence electrons. The molecule has 1 N–H and O–H groups in total. The van der Waals surface area contributed by atoms with Crippen molar-refractivity contribution in [3.8, 4) is 6.07 Å². The zero-order valence-corrected chi connectivity index (χ0v) is 18.4. The number of nitriles is 1. The summed E-state index contributed by atoms with van der Waals surface area (Å²) < 4.78 is 4.17. The van der Waals surface area contributed by atoms with Crippen LogP contribution in [0, 0.1) is 25.2 Å². The number of amides is 1. The molecular weight excluding hydrogens is 386 g/mol. The first-order valence-electron chi connectivity index (χ1n) is 10.8. The van der Waals surface area contributed by atoms with E-state index in [4.69, 9.17) is 0 Å². The summed E-state index contributed by atoms with van der Waals surface area (Å²) >= 11 is 0. The summed E-state index contributed by atoms with van der Waals surface area (Å²) in [5.41, 5.74) is 4.82. The largest absolute Gasteiger partial charge is 0.353 e. The van der Waals surface area contributed by atoms with Crippen molar-refractivity contribution in [3.05, 3.63) is 76.7 Å². The summed E-state index contributed by atoms with van der Waals surface area (Å²) in [5, 5.41) is 12.8. The third kappa shape index (κ3) is 4.14. The Morgan fingerprint density at radius 2 is 1.97 bits per heavy atom. The molecule has 1 saturated heterocycles. The molecule has 6 nitrogen and oxygen atoms in total. The first-order chi connectivity index (χ1) is 15.0. The third-order valence-corrected chi connectivity index (χ3v) is 6.42. The van der Waals surface area contributed by atoms with E-state index in [0.29, 0.717) is 24.5 Å². The molecule has 1 aliphatic heterocycles. The van der Waals surface area contributed by atoms with Crippen LogP contribution in [0.25, 0.3) is 0 Å². The minimum atomic E-state index is -0.0792. The highest BCUT2D eigenvalue weighted by atomic mass is 16.2. The Morgan fingerprint density at radius 3 is 2.65 bits per heavy atom. The van der Waals surface area contributed by atoms with Crippen LogP contribution in [0.3, 0.4) is 0 Å². The number of hydrogen-bond acceptors (Lipinski definition) is 3. The van der Waals surface area contributed by atoms with Crippen molar-refractivity contribution in [2.24, 2.45) is 7.05 Å². The van der Waals surface area contributed by atoms with Gasteiger partial charge in [-0.1, -0.05) is 30.3 Å². The molecule has 0 unspecified atom stereocenters. The minimum Gasteiger partial charge on any atom is -0.353 e. The SMILES string of the molecule is Cc1c(C#N)c(NC(=O)CN2CCC[C@H]2c2cccn2C)n(Cc2ccccc2)c1C. The van der Waals surface area contributed by atoms with Crippen LogP contribution < -0.4 is 5.32 Å². The average molecular weight is 416 g/mol. The Hall–Kier alpha value is -3.30. The van der Waals surface area contributed by atoms with Gasteiger partial charge in [-0.15, -0.1) is 0 Å². The number of nitrogens with zero attached hydrogens (tertiary/aromatic N) is 4. The highest BCUT2D eigenvalue weighted by Crippen LogP contribution is 2.32. The Kier molecular flexibility index (Phi) is 5.97. The van der Waals surface area contributed by atoms with Crippen molar-refractivity contribution >= 4 is 11.7 Å². The molecule has 6 heteroatoms. The van der Waals surface area contributed by atoms with Crippen LogP contribution in [-0.2, 0) is 18.4 Å². The van der Waals surface area contributed by atoms with Crippen molar-refractivity contribution in [1.29, 1.82) is 5.26 Å². The number of aryl methyl sites for hydroxylation is 1. The van der Waals surface area contributed by atoms with Crippen LogP contribution in [0.5, 0.6) is 0 Å². The molecule has 1 aromatic carbocycles. The molecule has 1 amide bonds. The van der Waals surface area contributed by atoms with E-state index in [1.807, 2.05) is 55.9 Å². The predicted octanol–water partition coefficient (Wildman–Crippen LogP) is 4.14. The number of aromatic nitrogens is 2. The second-order valence-corrected chi connectivity index (χ2v) is 8.34. The molecule has 0 aliphatic carbocycles. The normalized spacial score (nSPS) is 16.4. The van der Waals surface area contributed by atoms with Crippen LogP contribution >= 0.6 is 0 Å². The monoisotopic (exact) mass is 415 g/mol. The number of carbonyl (C=O) groups excluding carboxylic acids is 1. The summed E-state index contributed by atoms with van der Waals surface area (Å²) in [7, 11) is 2.05. The molecule has 0 radical (unpaired) electrons. The average Bonchev–Trinajstić information content (AvgIpc) is 3.44. The summed E-state index contributed by atoms with van der Waals surface area (Å²) in [6.45, 7) is 5.77. The number of likely N-dealkylation sites (tertiary alicyclic amines) is 1. The molecule has 1 atom stereocenters. The molecule has 0 saturated carbocycles. The van der Waals surface area contributed by atoms with Crippen LogP contribution in [0.2, 0.25) is 0 Å². The van der Waals surface area contributed by atoms with Crippen LogP contribution in [-0.4, -0.2) is 33.0 Å². The maximum atomic E-state index is 13.1. The van der Waals surface area contributed by atoms with E-state index in [1.54, 1.807) is 0 Å². The molecule has 4 rings (SSSR count). The molecule has 3 heterocycles. The molecule has 1 aliphatic rings. The van der Waals surface area contributed by atoms with Gasteiger partial charge < -0.3 is 14.5 Å². The highest BCUT2D eigenvalue weighted by molar-refractivity contribution is 5.93. The first kappa shape index (κ1) is 21.0. The summed E-state index contributed by atoms with van der Waals surface area (Å²) in [6.07, 6.45) is 4.18. The van der Waals surface area contributed by atoms with Gasteiger partial charge in [0.2, 0.25) is 5.91 Å². The van der Waals surface area contributed by atoms with Gasteiger partial charge in [-0.25, -0.2) is 0 Å². The lowest BCUT2D eigenvalue weighted by molar-refractivity contribution is -0.117. The van der Waals surface area contributed by atoms with Crippen LogP contribution in [0.15, 0.2) is 48.7 Å². The van der Waals surface area contributed by atoms with Crippen LogP contribution in [0.1, 0.15) is 47.0 Å². The molecular formula is C25H29N5O. The van der Waals surface area contributed by atoms with E-state index in [1.165, 1.54) is 5.69 Å². The number of anilines is 1. The fraction of sp³-hybridized carbons (Fsp3) is 0.360. The number of benzene rings is 1. The van der Waals surface area contributed by atoms with Crippen molar-refractivity contribution in [2.75, 3.05) is 18.4 Å². The van der Waals surface area contributed by atoms with E-state index < -0.39 is 0 Å². The van der Waals surface area contributed by atoms with Crippen molar-refractivity contribution in [3.63, 3.8) is 0 Å². The molecule has 0 spiro atoms. The molecule has 3 aromatic rings. The third-order valence-electron chi connectivity index (χ3n) is 6.42. The zero-order chi connectivity index (χ0) is 22.0. The van der Waals surface area contributed by atoms with Crippen LogP contribution in [0.4, 0.5) is 5.82 Å². The second kappa shape index (κ2) is 8.83. The van der Waals surface area contributed by atoms with Gasteiger partial charge in [-0.05, 0) is 56.5 Å². The van der Waals surface area contributed by atoms with E-state index >= 15 is 0 Å². The lowest BCUT2D eigenvalue weighted by Gasteiger charge is -2.24. The lowest BCUT2D eigenvalue weighted by Crippen LogP contribution is -2.34. The Bertz CT molecular complexity index is 1120. The Labute approximate surface area is 183 Å². The topological polar surface area (TPSA) is 66.0 Å². The lowest BCUT2D eigenvalue weighted by atomic mass is 10.1. The molecule has 2 aromatic heterocycles. The van der Waals surface area contributed by atoms with E-state index in [0.717, 1.165) is 36.2 Å². The minimum absolute atomic E-state index is 0.0792. The number of nitrogens with one attached hydrogen (secondary N) is 1. The Morgan fingerprint density at radius 1 is 1.19 bits per heavy atom. The zero-order valence-electron chi connectivity index (χ0n) is 18.4. The van der Waals surface area contributed by atoms with E-state index in [2.05, 4.69) is 39.1 Å². The summed E-state index contributed by atoms with van der Waals surface area (Å²) in [5.74, 6) is 0.519. The second-order valence-electron chi connectivity index (χ2n) is 8.34. The van der Waals surface area contributed by atoms with Gasteiger partial charge in [-0.2, -0.15) is 5.26 Å². The first-order valence-corrected chi connectivity index (χ1v) is 10.8. The standard InChI is InChI=1S/C25H29N5O/c1-18-19(2)30(16-20-9-5-4-6-10-20)25(21(18)15-26)27-24(31)17-29-14-8-12-23(29)22-11-7-13-28(22)3/h4-7,9-11,13,23H,8,12,14,16-17H2,1-3H3,(H,27,31)/t23-/m0/s1. The van der Waals surface area contributed by atoms with Gasteiger partial charge in [0.1, 0.15) is 11.9 Å². The fourth-order valence-electron chi connectivity index (χ4n) is 4.62. The highest BCUT2D eigenvalue weighted by Gasteiger charge is 2.29. The predicted molar refractivity (Wildman–Crippen MR) is 122 cm³/mol. The number of hydrogen-bond donors (Lipinski definition) is 1.